The minimum absolute atomic E-state index is 0.220. The average molecular weight is 460 g/mol. The molecule has 8 nitrogen and oxygen atoms in total. The van der Waals surface area contributed by atoms with E-state index in [-0.39, 0.29) is 18.2 Å². The molecule has 0 bridgehead atoms. The Labute approximate surface area is 197 Å². The highest BCUT2D eigenvalue weighted by atomic mass is 16.6. The van der Waals surface area contributed by atoms with Gasteiger partial charge in [0, 0.05) is 5.56 Å². The Hall–Kier alpha value is -4.46. The summed E-state index contributed by atoms with van der Waals surface area (Å²) in [5.74, 6) is -0.674. The maximum absolute atomic E-state index is 12.3. The zero-order valence-corrected chi connectivity index (χ0v) is 18.9. The third kappa shape index (κ3) is 7.03. The Kier molecular flexibility index (Phi) is 8.51. The quantitative estimate of drug-likeness (QED) is 0.221. The first-order chi connectivity index (χ1) is 16.5. The molecule has 0 unspecified atom stereocenters. The highest BCUT2D eigenvalue weighted by Crippen LogP contribution is 2.29. The van der Waals surface area contributed by atoms with Crippen LogP contribution in [0.3, 0.4) is 0 Å². The van der Waals surface area contributed by atoms with Crippen LogP contribution in [0, 0.1) is 6.92 Å². The smallest absolute Gasteiger partial charge is 0.343 e. The molecule has 2 N–H and O–H groups in total. The summed E-state index contributed by atoms with van der Waals surface area (Å²) in [6.07, 6.45) is 1.42. The van der Waals surface area contributed by atoms with Crippen molar-refractivity contribution in [2.24, 2.45) is 5.10 Å². The number of ether oxygens (including phenoxy) is 2. The fraction of sp³-hybridized carbons (Fsp3) is 0.154. The fourth-order valence-corrected chi connectivity index (χ4v) is 2.96. The standard InChI is InChI=1S/C26H25N3O5/c1-3-33-23-15-19(12-13-22(23)34-26(32)20-9-5-4-6-10-20)16-28-29-24(30)17-27-25(31)21-11-7-8-18(2)14-21/h4-16H,3,17H2,1-2H3,(H,27,31)(H,29,30)/b28-16+. The molecule has 34 heavy (non-hydrogen) atoms. The summed E-state index contributed by atoms with van der Waals surface area (Å²) in [6, 6.07) is 20.6. The first-order valence-corrected chi connectivity index (χ1v) is 10.7. The summed E-state index contributed by atoms with van der Waals surface area (Å²) in [4.78, 5) is 36.4. The zero-order chi connectivity index (χ0) is 24.3. The molecule has 174 valence electrons. The molecular formula is C26H25N3O5. The van der Waals surface area contributed by atoms with E-state index in [0.717, 1.165) is 5.56 Å². The molecule has 0 spiro atoms. The lowest BCUT2D eigenvalue weighted by Crippen LogP contribution is -2.34. The van der Waals surface area contributed by atoms with E-state index in [2.05, 4.69) is 15.8 Å². The Balaban J connectivity index is 1.56. The Morgan fingerprint density at radius 3 is 2.41 bits per heavy atom. The van der Waals surface area contributed by atoms with E-state index in [1.807, 2.05) is 26.0 Å². The number of benzene rings is 3. The summed E-state index contributed by atoms with van der Waals surface area (Å²) in [5, 5.41) is 6.45. The van der Waals surface area contributed by atoms with Crippen LogP contribution in [0.15, 0.2) is 77.9 Å². The molecule has 0 aliphatic heterocycles. The maximum atomic E-state index is 12.3. The fourth-order valence-electron chi connectivity index (χ4n) is 2.96. The monoisotopic (exact) mass is 459 g/mol. The van der Waals surface area contributed by atoms with Crippen LogP contribution in [-0.4, -0.2) is 37.1 Å². The number of carbonyl (C=O) groups is 3. The van der Waals surface area contributed by atoms with E-state index in [1.165, 1.54) is 6.21 Å². The summed E-state index contributed by atoms with van der Waals surface area (Å²) in [7, 11) is 0. The molecule has 0 fully saturated rings. The van der Waals surface area contributed by atoms with Gasteiger partial charge in [0.05, 0.1) is 24.9 Å². The van der Waals surface area contributed by atoms with Crippen LogP contribution in [0.25, 0.3) is 0 Å². The number of nitrogens with one attached hydrogen (secondary N) is 2. The lowest BCUT2D eigenvalue weighted by Gasteiger charge is -2.11. The number of hydrogen-bond donors (Lipinski definition) is 2. The van der Waals surface area contributed by atoms with Gasteiger partial charge in [0.2, 0.25) is 0 Å². The average Bonchev–Trinajstić information content (AvgIpc) is 2.84. The van der Waals surface area contributed by atoms with Crippen molar-refractivity contribution in [3.8, 4) is 11.5 Å². The van der Waals surface area contributed by atoms with E-state index in [9.17, 15) is 14.4 Å². The van der Waals surface area contributed by atoms with Crippen molar-refractivity contribution in [3.05, 3.63) is 95.1 Å². The molecule has 3 aromatic rings. The van der Waals surface area contributed by atoms with Crippen LogP contribution in [0.4, 0.5) is 0 Å². The molecule has 0 aliphatic carbocycles. The normalized spacial score (nSPS) is 10.5. The number of carbonyl (C=O) groups excluding carboxylic acids is 3. The van der Waals surface area contributed by atoms with Crippen molar-refractivity contribution in [3.63, 3.8) is 0 Å². The summed E-state index contributed by atoms with van der Waals surface area (Å²) < 4.78 is 11.0. The van der Waals surface area contributed by atoms with Crippen molar-refractivity contribution >= 4 is 24.0 Å². The number of esters is 1. The largest absolute Gasteiger partial charge is 0.490 e. The lowest BCUT2D eigenvalue weighted by molar-refractivity contribution is -0.120. The molecule has 3 aromatic carbocycles. The molecule has 0 heterocycles. The molecule has 3 rings (SSSR count). The molecule has 0 aliphatic rings. The minimum Gasteiger partial charge on any atom is -0.490 e. The van der Waals surface area contributed by atoms with Crippen LogP contribution in [-0.2, 0) is 4.79 Å². The zero-order valence-electron chi connectivity index (χ0n) is 18.9. The summed E-state index contributed by atoms with van der Waals surface area (Å²) in [5.41, 5.74) is 4.83. The van der Waals surface area contributed by atoms with Crippen LogP contribution in [0.5, 0.6) is 11.5 Å². The third-order valence-electron chi connectivity index (χ3n) is 4.57. The maximum Gasteiger partial charge on any atom is 0.343 e. The molecule has 8 heteroatoms. The Morgan fingerprint density at radius 1 is 0.912 bits per heavy atom. The van der Waals surface area contributed by atoms with E-state index >= 15 is 0 Å². The Morgan fingerprint density at radius 2 is 1.68 bits per heavy atom. The molecule has 0 saturated heterocycles. The van der Waals surface area contributed by atoms with Crippen molar-refractivity contribution in [2.45, 2.75) is 13.8 Å². The molecule has 0 saturated carbocycles. The van der Waals surface area contributed by atoms with Gasteiger partial charge in [-0.3, -0.25) is 9.59 Å². The predicted octanol–water partition coefficient (Wildman–Crippen LogP) is 3.49. The van der Waals surface area contributed by atoms with Crippen LogP contribution in [0.2, 0.25) is 0 Å². The Bertz CT molecular complexity index is 1190. The highest BCUT2D eigenvalue weighted by Gasteiger charge is 2.13. The van der Waals surface area contributed by atoms with Crippen molar-refractivity contribution in [1.82, 2.24) is 10.7 Å². The van der Waals surface area contributed by atoms with Crippen molar-refractivity contribution in [2.75, 3.05) is 13.2 Å². The van der Waals surface area contributed by atoms with Gasteiger partial charge < -0.3 is 14.8 Å². The van der Waals surface area contributed by atoms with Gasteiger partial charge in [0.15, 0.2) is 11.5 Å². The number of rotatable bonds is 9. The van der Waals surface area contributed by atoms with Gasteiger partial charge in [-0.15, -0.1) is 0 Å². The third-order valence-corrected chi connectivity index (χ3v) is 4.57. The van der Waals surface area contributed by atoms with E-state index < -0.39 is 11.9 Å². The lowest BCUT2D eigenvalue weighted by atomic mass is 10.1. The topological polar surface area (TPSA) is 106 Å². The first kappa shape index (κ1) is 24.2. The minimum atomic E-state index is -0.497. The van der Waals surface area contributed by atoms with Crippen LogP contribution >= 0.6 is 0 Å². The first-order valence-electron chi connectivity index (χ1n) is 10.7. The summed E-state index contributed by atoms with van der Waals surface area (Å²) in [6.45, 7) is 3.85. The molecular weight excluding hydrogens is 434 g/mol. The van der Waals surface area contributed by atoms with Gasteiger partial charge in [0.25, 0.3) is 11.8 Å². The summed E-state index contributed by atoms with van der Waals surface area (Å²) >= 11 is 0. The van der Waals surface area contributed by atoms with Crippen molar-refractivity contribution in [1.29, 1.82) is 0 Å². The molecule has 0 aromatic heterocycles. The number of hydrogen-bond acceptors (Lipinski definition) is 6. The second kappa shape index (κ2) is 12.0. The number of nitrogens with zero attached hydrogens (tertiary/aromatic N) is 1. The second-order valence-electron chi connectivity index (χ2n) is 7.24. The SMILES string of the molecule is CCOc1cc(/C=N/NC(=O)CNC(=O)c2cccc(C)c2)ccc1OC(=O)c1ccccc1. The second-order valence-corrected chi connectivity index (χ2v) is 7.24. The van der Waals surface area contributed by atoms with E-state index in [1.54, 1.807) is 60.7 Å². The number of hydrazone groups is 1. The van der Waals surface area contributed by atoms with Crippen molar-refractivity contribution < 1.29 is 23.9 Å². The van der Waals surface area contributed by atoms with Gasteiger partial charge in [0.1, 0.15) is 0 Å². The molecule has 2 amide bonds. The van der Waals surface area contributed by atoms with Gasteiger partial charge in [-0.1, -0.05) is 35.9 Å². The van der Waals surface area contributed by atoms with Gasteiger partial charge in [-0.25, -0.2) is 10.2 Å². The van der Waals surface area contributed by atoms with Crippen LogP contribution in [0.1, 0.15) is 38.8 Å². The van der Waals surface area contributed by atoms with Gasteiger partial charge >= 0.3 is 5.97 Å². The number of amides is 2. The van der Waals surface area contributed by atoms with E-state index in [4.69, 9.17) is 9.47 Å². The predicted molar refractivity (Wildman–Crippen MR) is 128 cm³/mol. The van der Waals surface area contributed by atoms with Crippen LogP contribution < -0.4 is 20.2 Å². The van der Waals surface area contributed by atoms with Gasteiger partial charge in [-0.05, 0) is 61.9 Å². The molecule has 0 atom stereocenters. The van der Waals surface area contributed by atoms with Gasteiger partial charge in [-0.2, -0.15) is 5.10 Å². The highest BCUT2D eigenvalue weighted by molar-refractivity contribution is 5.96. The molecule has 0 radical (unpaired) electrons. The van der Waals surface area contributed by atoms with E-state index in [0.29, 0.717) is 29.0 Å². The number of aryl methyl sites for hydroxylation is 1.